The molecule has 0 spiro atoms. The molecule has 3 aromatic heterocycles. The average molecular weight is 991 g/mol. The SMILES string of the molecule is N#Cc1ccc(-c2ccc3c4ccc(-c5ccc(C#N)cc5)cc4n(-c4cc(-c5cccnc5-c5ccccc5)cc(-n5c6cc(-c7ccc(C#N)cc7)ccc6c6ccc(-c7ccc(C#N)cc7)cc65)c4C#N)c3c2)cc1. The molecule has 13 aromatic rings. The molecule has 8 heteroatoms. The highest BCUT2D eigenvalue weighted by atomic mass is 15.0. The van der Waals surface area contributed by atoms with Gasteiger partial charge in [-0.1, -0.05) is 133 Å². The van der Waals surface area contributed by atoms with Gasteiger partial charge in [0.05, 0.1) is 85.7 Å². The van der Waals surface area contributed by atoms with Gasteiger partial charge in [-0.2, -0.15) is 26.3 Å². The highest BCUT2D eigenvalue weighted by Gasteiger charge is 2.25. The van der Waals surface area contributed by atoms with Crippen molar-refractivity contribution in [1.82, 2.24) is 14.1 Å². The smallest absolute Gasteiger partial charge is 0.104 e. The molecule has 8 nitrogen and oxygen atoms in total. The molecule has 0 aliphatic heterocycles. The Morgan fingerprint density at radius 3 is 0.936 bits per heavy atom. The van der Waals surface area contributed by atoms with Crippen molar-refractivity contribution in [2.75, 3.05) is 0 Å². The van der Waals surface area contributed by atoms with Gasteiger partial charge in [0.2, 0.25) is 0 Å². The van der Waals surface area contributed by atoms with Crippen LogP contribution in [0.25, 0.3) is 122 Å². The number of fused-ring (bicyclic) bond motifs is 6. The van der Waals surface area contributed by atoms with Gasteiger partial charge in [-0.15, -0.1) is 0 Å². The van der Waals surface area contributed by atoms with Crippen LogP contribution in [-0.4, -0.2) is 14.1 Å². The monoisotopic (exact) mass is 990 g/mol. The molecule has 10 aromatic carbocycles. The molecule has 0 aliphatic rings. The third-order valence-corrected chi connectivity index (χ3v) is 14.8. The molecule has 0 fully saturated rings. The fraction of sp³-hybridized carbons (Fsp3) is 0. The lowest BCUT2D eigenvalue weighted by Crippen LogP contribution is -2.06. The second-order valence-electron chi connectivity index (χ2n) is 19.1. The summed E-state index contributed by atoms with van der Waals surface area (Å²) in [6, 6.07) is 86.1. The van der Waals surface area contributed by atoms with E-state index in [0.29, 0.717) is 39.2 Å². The van der Waals surface area contributed by atoms with E-state index >= 15 is 0 Å². The van der Waals surface area contributed by atoms with Crippen LogP contribution in [0.1, 0.15) is 27.8 Å². The number of pyridine rings is 1. The van der Waals surface area contributed by atoms with Crippen LogP contribution in [0.2, 0.25) is 0 Å². The molecule has 78 heavy (non-hydrogen) atoms. The van der Waals surface area contributed by atoms with Crippen LogP contribution in [-0.2, 0) is 0 Å². The van der Waals surface area contributed by atoms with Gasteiger partial charge in [-0.05, 0) is 141 Å². The summed E-state index contributed by atoms with van der Waals surface area (Å²) < 4.78 is 4.43. The highest BCUT2D eigenvalue weighted by Crippen LogP contribution is 2.44. The van der Waals surface area contributed by atoms with E-state index in [0.717, 1.165) is 111 Å². The van der Waals surface area contributed by atoms with E-state index < -0.39 is 0 Å². The number of aromatic nitrogens is 3. The lowest BCUT2D eigenvalue weighted by molar-refractivity contribution is 1.12. The van der Waals surface area contributed by atoms with Crippen LogP contribution in [0.15, 0.2) is 231 Å². The Morgan fingerprint density at radius 2 is 0.615 bits per heavy atom. The zero-order valence-electron chi connectivity index (χ0n) is 41.5. The molecule has 0 unspecified atom stereocenters. The molecule has 0 saturated carbocycles. The molecule has 3 heterocycles. The van der Waals surface area contributed by atoms with Gasteiger partial charge in [-0.25, -0.2) is 0 Å². The number of hydrogen-bond acceptors (Lipinski definition) is 6. The molecule has 0 aliphatic carbocycles. The first-order valence-corrected chi connectivity index (χ1v) is 25.2. The van der Waals surface area contributed by atoms with Crippen molar-refractivity contribution in [3.63, 3.8) is 0 Å². The summed E-state index contributed by atoms with van der Waals surface area (Å²) in [5.41, 5.74) is 18.3. The summed E-state index contributed by atoms with van der Waals surface area (Å²) in [5, 5.41) is 54.9. The van der Waals surface area contributed by atoms with E-state index in [2.05, 4.69) is 143 Å². The van der Waals surface area contributed by atoms with E-state index in [9.17, 15) is 26.3 Å². The third-order valence-electron chi connectivity index (χ3n) is 14.8. The lowest BCUT2D eigenvalue weighted by Gasteiger charge is -2.20. The van der Waals surface area contributed by atoms with Crippen molar-refractivity contribution in [3.8, 4) is 109 Å². The molecule has 358 valence electrons. The van der Waals surface area contributed by atoms with Crippen molar-refractivity contribution >= 4 is 43.6 Å². The second-order valence-corrected chi connectivity index (χ2v) is 19.1. The molecule has 0 bridgehead atoms. The predicted octanol–water partition coefficient (Wildman–Crippen LogP) is 16.6. The average Bonchev–Trinajstić information content (AvgIpc) is 4.19. The Hall–Kier alpha value is -11.6. The minimum absolute atomic E-state index is 0.418. The summed E-state index contributed by atoms with van der Waals surface area (Å²) in [5.74, 6) is 0. The Morgan fingerprint density at radius 1 is 0.282 bits per heavy atom. The molecular formula is C70H38N8. The van der Waals surface area contributed by atoms with E-state index in [-0.39, 0.29) is 0 Å². The van der Waals surface area contributed by atoms with Crippen molar-refractivity contribution in [2.24, 2.45) is 0 Å². The van der Waals surface area contributed by atoms with Gasteiger partial charge in [0.1, 0.15) is 11.6 Å². The molecule has 13 rings (SSSR count). The van der Waals surface area contributed by atoms with Gasteiger partial charge in [0, 0.05) is 38.9 Å². The number of nitrogens with zero attached hydrogens (tertiary/aromatic N) is 8. The van der Waals surface area contributed by atoms with Gasteiger partial charge in [0.25, 0.3) is 0 Å². The Kier molecular flexibility index (Phi) is 11.3. The maximum Gasteiger partial charge on any atom is 0.104 e. The molecule has 0 saturated heterocycles. The van der Waals surface area contributed by atoms with Crippen LogP contribution in [0.4, 0.5) is 0 Å². The summed E-state index contributed by atoms with van der Waals surface area (Å²) >= 11 is 0. The van der Waals surface area contributed by atoms with E-state index in [1.165, 1.54) is 0 Å². The lowest BCUT2D eigenvalue weighted by atomic mass is 9.96. The van der Waals surface area contributed by atoms with Crippen molar-refractivity contribution in [3.05, 3.63) is 258 Å². The fourth-order valence-electron chi connectivity index (χ4n) is 10.9. The van der Waals surface area contributed by atoms with Gasteiger partial charge in [0.15, 0.2) is 0 Å². The third kappa shape index (κ3) is 7.87. The van der Waals surface area contributed by atoms with E-state index in [1.54, 1.807) is 0 Å². The van der Waals surface area contributed by atoms with E-state index in [4.69, 9.17) is 4.98 Å². The summed E-state index contributed by atoms with van der Waals surface area (Å²) in [4.78, 5) is 5.02. The molecule has 0 N–H and O–H groups in total. The standard InChI is InChI=1S/C70H38N8/c71-39-44-8-16-48(17-9-44)53-24-28-59-60-29-25-54(49-18-10-45(40-72)11-19-49)34-65(60)77(64(59)33-53)68-37-57(58-7-4-32-76-70(58)52-5-2-1-3-6-52)38-69(63(68)43-75)78-66-35-55(50-20-12-46(41-73)13-21-50)26-30-61(66)62-31-27-56(36-67(62)78)51-22-14-47(42-74)15-23-51/h1-38H. The van der Waals surface area contributed by atoms with Crippen molar-refractivity contribution in [1.29, 1.82) is 26.3 Å². The number of benzene rings is 10. The highest BCUT2D eigenvalue weighted by molar-refractivity contribution is 6.13. The summed E-state index contributed by atoms with van der Waals surface area (Å²) in [6.45, 7) is 0. The molecule has 0 amide bonds. The number of nitriles is 5. The largest absolute Gasteiger partial charge is 0.308 e. The minimum atomic E-state index is 0.418. The first-order chi connectivity index (χ1) is 38.4. The quantitative estimate of drug-likeness (QED) is 0.148. The van der Waals surface area contributed by atoms with Crippen LogP contribution in [0.5, 0.6) is 0 Å². The molecular weight excluding hydrogens is 953 g/mol. The van der Waals surface area contributed by atoms with E-state index in [1.807, 2.05) is 128 Å². The topological polar surface area (TPSA) is 142 Å². The Balaban J connectivity index is 1.18. The van der Waals surface area contributed by atoms with Crippen LogP contribution in [0, 0.1) is 56.7 Å². The Labute approximate surface area is 448 Å². The minimum Gasteiger partial charge on any atom is -0.308 e. The fourth-order valence-corrected chi connectivity index (χ4v) is 10.9. The first-order valence-electron chi connectivity index (χ1n) is 25.2. The van der Waals surface area contributed by atoms with Gasteiger partial charge < -0.3 is 9.13 Å². The number of hydrogen-bond donors (Lipinski definition) is 0. The maximum atomic E-state index is 12.1. The molecule has 0 radical (unpaired) electrons. The predicted molar refractivity (Wildman–Crippen MR) is 309 cm³/mol. The van der Waals surface area contributed by atoms with Crippen molar-refractivity contribution < 1.29 is 0 Å². The first kappa shape index (κ1) is 46.2. The van der Waals surface area contributed by atoms with Crippen LogP contribution in [0.3, 0.4) is 0 Å². The van der Waals surface area contributed by atoms with Crippen LogP contribution < -0.4 is 0 Å². The summed E-state index contributed by atoms with van der Waals surface area (Å²) in [6.07, 6.45) is 1.81. The normalized spacial score (nSPS) is 11.0. The van der Waals surface area contributed by atoms with Gasteiger partial charge in [-0.3, -0.25) is 4.98 Å². The maximum absolute atomic E-state index is 12.1. The Bertz CT molecular complexity index is 4310. The van der Waals surface area contributed by atoms with Gasteiger partial charge >= 0.3 is 0 Å². The van der Waals surface area contributed by atoms with Crippen molar-refractivity contribution in [2.45, 2.75) is 0 Å². The zero-order valence-corrected chi connectivity index (χ0v) is 41.5. The molecule has 0 atom stereocenters. The number of rotatable bonds is 8. The second kappa shape index (κ2) is 19.0. The zero-order chi connectivity index (χ0) is 52.9. The summed E-state index contributed by atoms with van der Waals surface area (Å²) in [7, 11) is 0. The van der Waals surface area contributed by atoms with Crippen LogP contribution >= 0.6 is 0 Å².